The van der Waals surface area contributed by atoms with Crippen LogP contribution in [0.2, 0.25) is 0 Å². The molecule has 6 atom stereocenters. The van der Waals surface area contributed by atoms with Crippen molar-refractivity contribution in [1.82, 2.24) is 10.6 Å². The second-order valence-corrected chi connectivity index (χ2v) is 6.89. The van der Waals surface area contributed by atoms with Gasteiger partial charge in [-0.05, 0) is 19.4 Å². The summed E-state index contributed by atoms with van der Waals surface area (Å²) in [5.41, 5.74) is 0. The van der Waals surface area contributed by atoms with Crippen LogP contribution in [0.5, 0.6) is 0 Å². The molecule has 25 heavy (non-hydrogen) atoms. The molecule has 6 N–H and O–H groups in total. The molecule has 0 bridgehead atoms. The van der Waals surface area contributed by atoms with E-state index in [1.807, 2.05) is 20.8 Å². The van der Waals surface area contributed by atoms with E-state index < -0.39 is 37.3 Å². The molecule has 0 spiro atoms. The molecule has 0 radical (unpaired) electrons. The second kappa shape index (κ2) is 11.2. The summed E-state index contributed by atoms with van der Waals surface area (Å²) in [7, 11) is 0. The van der Waals surface area contributed by atoms with Gasteiger partial charge in [-0.15, -0.1) is 0 Å². The Hall–Kier alpha value is -0.610. The van der Waals surface area contributed by atoms with E-state index in [0.29, 0.717) is 13.0 Å². The number of aliphatic hydroxyl groups excluding tert-OH is 4. The van der Waals surface area contributed by atoms with Crippen LogP contribution in [-0.4, -0.2) is 82.1 Å². The van der Waals surface area contributed by atoms with Crippen molar-refractivity contribution < 1.29 is 30.0 Å². The first-order valence-electron chi connectivity index (χ1n) is 9.14. The highest BCUT2D eigenvalue weighted by atomic mass is 16.6. The van der Waals surface area contributed by atoms with Gasteiger partial charge in [-0.25, -0.2) is 0 Å². The lowest BCUT2D eigenvalue weighted by Gasteiger charge is -2.40. The fraction of sp³-hybridized carbons (Fsp3) is 0.941. The van der Waals surface area contributed by atoms with Crippen LogP contribution in [0.1, 0.15) is 46.5 Å². The number of hydrogen-bond donors (Lipinski definition) is 6. The van der Waals surface area contributed by atoms with Gasteiger partial charge in [-0.1, -0.05) is 27.2 Å². The van der Waals surface area contributed by atoms with Gasteiger partial charge >= 0.3 is 0 Å². The molecule has 1 saturated heterocycles. The van der Waals surface area contributed by atoms with Crippen molar-refractivity contribution in [3.05, 3.63) is 0 Å². The Labute approximate surface area is 149 Å². The molecule has 0 aliphatic carbocycles. The van der Waals surface area contributed by atoms with Gasteiger partial charge in [0, 0.05) is 12.5 Å². The minimum absolute atomic E-state index is 0.141. The second-order valence-electron chi connectivity index (χ2n) is 6.89. The van der Waals surface area contributed by atoms with E-state index in [9.17, 15) is 20.1 Å². The van der Waals surface area contributed by atoms with E-state index >= 15 is 0 Å². The predicted octanol–water partition coefficient (Wildman–Crippen LogP) is -1.11. The van der Waals surface area contributed by atoms with Gasteiger partial charge in [0.15, 0.2) is 0 Å². The van der Waals surface area contributed by atoms with E-state index in [0.717, 1.165) is 19.3 Å². The fourth-order valence-corrected chi connectivity index (χ4v) is 2.97. The molecule has 5 unspecified atom stereocenters. The summed E-state index contributed by atoms with van der Waals surface area (Å²) in [4.78, 5) is 11.9. The Bertz CT molecular complexity index is 393. The number of ether oxygens (including phenoxy) is 1. The smallest absolute Gasteiger partial charge is 0.149 e. The zero-order chi connectivity index (χ0) is 19.0. The maximum absolute atomic E-state index is 11.9. The molecule has 8 nitrogen and oxygen atoms in total. The first-order valence-corrected chi connectivity index (χ1v) is 9.14. The van der Waals surface area contributed by atoms with E-state index in [4.69, 9.17) is 9.84 Å². The topological polar surface area (TPSA) is 131 Å². The van der Waals surface area contributed by atoms with E-state index in [-0.39, 0.29) is 17.9 Å². The maximum atomic E-state index is 11.9. The number of hydrogen-bond acceptors (Lipinski definition) is 8. The fourth-order valence-electron chi connectivity index (χ4n) is 2.97. The number of carbonyl (C=O) groups is 1. The third kappa shape index (κ3) is 6.90. The highest BCUT2D eigenvalue weighted by Gasteiger charge is 2.43. The summed E-state index contributed by atoms with van der Waals surface area (Å²) in [5, 5.41) is 44.8. The number of nitrogens with one attached hydrogen (secondary N) is 2. The number of ketones is 1. The Morgan fingerprint density at radius 3 is 2.36 bits per heavy atom. The first kappa shape index (κ1) is 22.4. The minimum atomic E-state index is -1.37. The number of aliphatic hydroxyl groups is 4. The van der Waals surface area contributed by atoms with Crippen LogP contribution in [0.15, 0.2) is 0 Å². The lowest BCUT2D eigenvalue weighted by molar-refractivity contribution is -0.236. The average molecular weight is 362 g/mol. The molecular weight excluding hydrogens is 328 g/mol. The monoisotopic (exact) mass is 362 g/mol. The lowest BCUT2D eigenvalue weighted by Crippen LogP contribution is -2.62. The Morgan fingerprint density at radius 2 is 1.80 bits per heavy atom. The zero-order valence-corrected chi connectivity index (χ0v) is 15.4. The van der Waals surface area contributed by atoms with Crippen molar-refractivity contribution >= 4 is 5.78 Å². The van der Waals surface area contributed by atoms with Gasteiger partial charge in [-0.2, -0.15) is 0 Å². The SMILES string of the molecule is CCC(=O)[C@H](CCCCNC1OC(CO)C(O)C(O)C1O)NC(C)C. The molecule has 0 aromatic heterocycles. The molecule has 148 valence electrons. The summed E-state index contributed by atoms with van der Waals surface area (Å²) in [5.74, 6) is 0.204. The summed E-state index contributed by atoms with van der Waals surface area (Å²) < 4.78 is 5.38. The van der Waals surface area contributed by atoms with Crippen LogP contribution < -0.4 is 10.6 Å². The molecule has 0 saturated carbocycles. The van der Waals surface area contributed by atoms with Crippen LogP contribution >= 0.6 is 0 Å². The number of Topliss-reactive ketones (excluding diaryl/α,β-unsaturated/α-hetero) is 1. The van der Waals surface area contributed by atoms with Crippen LogP contribution in [0.25, 0.3) is 0 Å². The zero-order valence-electron chi connectivity index (χ0n) is 15.4. The third-order valence-electron chi connectivity index (χ3n) is 4.43. The molecule has 0 aromatic carbocycles. The maximum Gasteiger partial charge on any atom is 0.149 e. The Morgan fingerprint density at radius 1 is 1.12 bits per heavy atom. The van der Waals surface area contributed by atoms with Crippen LogP contribution in [0.3, 0.4) is 0 Å². The molecule has 0 amide bonds. The molecule has 1 fully saturated rings. The van der Waals surface area contributed by atoms with Gasteiger partial charge in [0.25, 0.3) is 0 Å². The summed E-state index contributed by atoms with van der Waals surface area (Å²) in [6.07, 6.45) is -2.91. The average Bonchev–Trinajstić information content (AvgIpc) is 2.59. The molecule has 1 rings (SSSR count). The van der Waals surface area contributed by atoms with Crippen molar-refractivity contribution in [2.24, 2.45) is 0 Å². The van der Waals surface area contributed by atoms with Crippen molar-refractivity contribution in [3.8, 4) is 0 Å². The Balaban J connectivity index is 2.35. The van der Waals surface area contributed by atoms with Gasteiger partial charge in [0.2, 0.25) is 0 Å². The van der Waals surface area contributed by atoms with Crippen molar-refractivity contribution in [2.45, 2.75) is 89.2 Å². The molecule has 1 aliphatic rings. The summed E-state index contributed by atoms with van der Waals surface area (Å²) in [6.45, 7) is 5.97. The quantitative estimate of drug-likeness (QED) is 0.255. The van der Waals surface area contributed by atoms with Gasteiger partial charge < -0.3 is 30.5 Å². The molecule has 0 aromatic rings. The Kier molecular flexibility index (Phi) is 10.0. The molecule has 8 heteroatoms. The largest absolute Gasteiger partial charge is 0.394 e. The summed E-state index contributed by atoms with van der Waals surface area (Å²) in [6, 6.07) is 0.102. The predicted molar refractivity (Wildman–Crippen MR) is 93.0 cm³/mol. The highest BCUT2D eigenvalue weighted by molar-refractivity contribution is 5.83. The number of carbonyl (C=O) groups excluding carboxylic acids is 1. The summed E-state index contributed by atoms with van der Waals surface area (Å²) >= 11 is 0. The van der Waals surface area contributed by atoms with E-state index in [1.165, 1.54) is 0 Å². The van der Waals surface area contributed by atoms with E-state index in [2.05, 4.69) is 10.6 Å². The normalized spacial score (nSPS) is 31.3. The van der Waals surface area contributed by atoms with E-state index in [1.54, 1.807) is 0 Å². The van der Waals surface area contributed by atoms with Crippen molar-refractivity contribution in [2.75, 3.05) is 13.2 Å². The van der Waals surface area contributed by atoms with Crippen LogP contribution in [-0.2, 0) is 9.53 Å². The number of unbranched alkanes of at least 4 members (excludes halogenated alkanes) is 1. The minimum Gasteiger partial charge on any atom is -0.394 e. The third-order valence-corrected chi connectivity index (χ3v) is 4.43. The lowest BCUT2D eigenvalue weighted by atomic mass is 9.98. The standard InChI is InChI=1S/C17H34N2O6/c1-4-12(21)11(19-10(2)3)7-5-6-8-18-17-16(24)15(23)14(22)13(9-20)25-17/h10-11,13-20,22-24H,4-9H2,1-3H3/t11-,13?,14?,15?,16?,17?/m0/s1. The molecule has 1 heterocycles. The highest BCUT2D eigenvalue weighted by Crippen LogP contribution is 2.19. The molecule has 1 aliphatic heterocycles. The number of rotatable bonds is 11. The van der Waals surface area contributed by atoms with Crippen molar-refractivity contribution in [1.29, 1.82) is 0 Å². The van der Waals surface area contributed by atoms with Gasteiger partial charge in [0.05, 0.1) is 12.6 Å². The van der Waals surface area contributed by atoms with Crippen molar-refractivity contribution in [3.63, 3.8) is 0 Å². The van der Waals surface area contributed by atoms with Crippen LogP contribution in [0.4, 0.5) is 0 Å². The van der Waals surface area contributed by atoms with Gasteiger partial charge in [0.1, 0.15) is 36.4 Å². The first-order chi connectivity index (χ1) is 11.8. The van der Waals surface area contributed by atoms with Gasteiger partial charge in [-0.3, -0.25) is 10.1 Å². The molecular formula is C17H34N2O6. The van der Waals surface area contributed by atoms with Crippen LogP contribution in [0, 0.1) is 0 Å².